The molecular weight excluding hydrogens is 497 g/mol. The minimum Gasteiger partial charge on any atom is -0.357 e. The predicted octanol–water partition coefficient (Wildman–Crippen LogP) is 4.40. The van der Waals surface area contributed by atoms with Gasteiger partial charge in [0.15, 0.2) is 0 Å². The molecule has 1 N–H and O–H groups in total. The monoisotopic (exact) mass is 527 g/mol. The van der Waals surface area contributed by atoms with Crippen molar-refractivity contribution < 1.29 is 18.0 Å². The molecule has 1 unspecified atom stereocenters. The van der Waals surface area contributed by atoms with Gasteiger partial charge in [0.05, 0.1) is 17.0 Å². The van der Waals surface area contributed by atoms with E-state index in [9.17, 15) is 18.0 Å². The fraction of sp³-hybridized carbons (Fsp3) is 0.417. The Morgan fingerprint density at radius 3 is 2.38 bits per heavy atom. The number of hydrogen-bond acceptors (Lipinski definition) is 4. The number of carbonyl (C=O) groups excluding carboxylic acids is 2. The number of aryl methyl sites for hydroxylation is 1. The van der Waals surface area contributed by atoms with Gasteiger partial charge in [-0.2, -0.15) is 0 Å². The molecule has 0 radical (unpaired) electrons. The van der Waals surface area contributed by atoms with Crippen molar-refractivity contribution in [2.75, 3.05) is 24.2 Å². The number of nitrogens with zero attached hydrogens (tertiary/aromatic N) is 2. The van der Waals surface area contributed by atoms with E-state index in [4.69, 9.17) is 23.2 Å². The molecular formula is C24H31Cl2N3O4S. The van der Waals surface area contributed by atoms with Crippen molar-refractivity contribution in [3.8, 4) is 0 Å². The summed E-state index contributed by atoms with van der Waals surface area (Å²) in [5.74, 6) is -0.475. The van der Waals surface area contributed by atoms with E-state index in [0.29, 0.717) is 11.4 Å². The van der Waals surface area contributed by atoms with Crippen molar-refractivity contribution in [1.82, 2.24) is 10.2 Å². The summed E-state index contributed by atoms with van der Waals surface area (Å²) in [5.41, 5.74) is 2.23. The summed E-state index contributed by atoms with van der Waals surface area (Å²) in [5, 5.41) is 3.23. The van der Waals surface area contributed by atoms with Crippen molar-refractivity contribution in [1.29, 1.82) is 0 Å². The first-order chi connectivity index (χ1) is 16.0. The topological polar surface area (TPSA) is 86.8 Å². The van der Waals surface area contributed by atoms with E-state index in [1.54, 1.807) is 18.0 Å². The fourth-order valence-corrected chi connectivity index (χ4v) is 5.12. The number of sulfonamides is 1. The van der Waals surface area contributed by atoms with Crippen LogP contribution in [-0.4, -0.2) is 51.0 Å². The molecule has 0 bridgehead atoms. The van der Waals surface area contributed by atoms with E-state index in [1.807, 2.05) is 38.1 Å². The Labute approximate surface area is 212 Å². The van der Waals surface area contributed by atoms with Crippen molar-refractivity contribution in [3.63, 3.8) is 0 Å². The molecule has 2 aromatic rings. The summed E-state index contributed by atoms with van der Waals surface area (Å²) in [6.45, 7) is 4.13. The maximum absolute atomic E-state index is 13.3. The third-order valence-electron chi connectivity index (χ3n) is 5.56. The Hall–Kier alpha value is -2.29. The zero-order chi connectivity index (χ0) is 25.5. The number of amides is 2. The average Bonchev–Trinajstić information content (AvgIpc) is 2.78. The highest BCUT2D eigenvalue weighted by Crippen LogP contribution is 2.31. The molecule has 0 saturated heterocycles. The molecule has 186 valence electrons. The molecule has 34 heavy (non-hydrogen) atoms. The number of halogens is 2. The molecule has 0 aliphatic heterocycles. The van der Waals surface area contributed by atoms with Crippen molar-refractivity contribution in [2.45, 2.75) is 45.7 Å². The van der Waals surface area contributed by atoms with Crippen LogP contribution in [0.25, 0.3) is 0 Å². The zero-order valence-electron chi connectivity index (χ0n) is 19.8. The Kier molecular flexibility index (Phi) is 10.2. The first-order valence-electron chi connectivity index (χ1n) is 11.0. The van der Waals surface area contributed by atoms with Gasteiger partial charge in [-0.25, -0.2) is 8.42 Å². The van der Waals surface area contributed by atoms with E-state index in [0.717, 1.165) is 21.7 Å². The number of likely N-dealkylation sites (N-methyl/N-ethyl adjacent to an activating group) is 1. The van der Waals surface area contributed by atoms with Gasteiger partial charge in [0.2, 0.25) is 21.8 Å². The molecule has 1 atom stereocenters. The van der Waals surface area contributed by atoms with Gasteiger partial charge in [-0.05, 0) is 49.1 Å². The second-order valence-electron chi connectivity index (χ2n) is 8.02. The highest BCUT2D eigenvalue weighted by atomic mass is 35.5. The zero-order valence-corrected chi connectivity index (χ0v) is 22.2. The molecule has 0 aliphatic carbocycles. The van der Waals surface area contributed by atoms with Crippen molar-refractivity contribution in [2.24, 2.45) is 0 Å². The van der Waals surface area contributed by atoms with Gasteiger partial charge >= 0.3 is 0 Å². The van der Waals surface area contributed by atoms with Crippen molar-refractivity contribution >= 4 is 50.7 Å². The first-order valence-corrected chi connectivity index (χ1v) is 13.6. The number of rotatable bonds is 11. The maximum atomic E-state index is 13.3. The highest BCUT2D eigenvalue weighted by molar-refractivity contribution is 7.92. The molecule has 0 saturated carbocycles. The lowest BCUT2D eigenvalue weighted by Gasteiger charge is -2.31. The van der Waals surface area contributed by atoms with Gasteiger partial charge in [0, 0.05) is 31.6 Å². The summed E-state index contributed by atoms with van der Waals surface area (Å²) in [6.07, 6.45) is 1.83. The molecule has 0 spiro atoms. The highest BCUT2D eigenvalue weighted by Gasteiger charge is 2.28. The second-order valence-corrected chi connectivity index (χ2v) is 10.8. The molecule has 0 heterocycles. The number of carbonyl (C=O) groups is 2. The third kappa shape index (κ3) is 7.35. The molecule has 0 aliphatic rings. The summed E-state index contributed by atoms with van der Waals surface area (Å²) in [4.78, 5) is 27.4. The Morgan fingerprint density at radius 2 is 1.79 bits per heavy atom. The molecule has 0 fully saturated rings. The summed E-state index contributed by atoms with van der Waals surface area (Å²) in [6, 6.07) is 11.6. The van der Waals surface area contributed by atoms with E-state index >= 15 is 0 Å². The van der Waals surface area contributed by atoms with Gasteiger partial charge in [-0.15, -0.1) is 0 Å². The molecule has 10 heteroatoms. The summed E-state index contributed by atoms with van der Waals surface area (Å²) >= 11 is 12.3. The lowest BCUT2D eigenvalue weighted by Crippen LogP contribution is -2.48. The molecule has 2 aromatic carbocycles. The Morgan fingerprint density at radius 1 is 1.12 bits per heavy atom. The van der Waals surface area contributed by atoms with Crippen LogP contribution in [0.3, 0.4) is 0 Å². The summed E-state index contributed by atoms with van der Waals surface area (Å²) < 4.78 is 26.0. The van der Waals surface area contributed by atoms with Gasteiger partial charge in [-0.1, -0.05) is 54.4 Å². The number of anilines is 1. The largest absolute Gasteiger partial charge is 0.357 e. The Balaban J connectivity index is 2.24. The molecule has 7 nitrogen and oxygen atoms in total. The quantitative estimate of drug-likeness (QED) is 0.469. The molecule has 2 rings (SSSR count). The Bertz CT molecular complexity index is 1120. The first kappa shape index (κ1) is 28.0. The van der Waals surface area contributed by atoms with Crippen LogP contribution in [0.4, 0.5) is 5.69 Å². The maximum Gasteiger partial charge on any atom is 0.242 e. The lowest BCUT2D eigenvalue weighted by atomic mass is 10.1. The van der Waals surface area contributed by atoms with E-state index in [-0.39, 0.29) is 48.5 Å². The van der Waals surface area contributed by atoms with Crippen LogP contribution >= 0.6 is 23.2 Å². The van der Waals surface area contributed by atoms with Crippen LogP contribution in [0.15, 0.2) is 42.5 Å². The number of benzene rings is 2. The van der Waals surface area contributed by atoms with Crippen LogP contribution < -0.4 is 9.62 Å². The minimum absolute atomic E-state index is 0.0413. The predicted molar refractivity (Wildman–Crippen MR) is 138 cm³/mol. The van der Waals surface area contributed by atoms with Crippen LogP contribution in [0.5, 0.6) is 0 Å². The van der Waals surface area contributed by atoms with Gasteiger partial charge in [0.25, 0.3) is 0 Å². The third-order valence-corrected chi connectivity index (χ3v) is 7.30. The molecule has 0 aromatic heterocycles. The summed E-state index contributed by atoms with van der Waals surface area (Å²) in [7, 11) is -2.12. The SMILES string of the molecule is CCC(C(=O)NC)N(Cc1ccccc1C)C(=O)CCCN(c1cc(Cl)ccc1Cl)S(C)(=O)=O. The second kappa shape index (κ2) is 12.4. The van der Waals surface area contributed by atoms with Crippen molar-refractivity contribution in [3.05, 3.63) is 63.6 Å². The fourth-order valence-electron chi connectivity index (χ4n) is 3.72. The van der Waals surface area contributed by atoms with Gasteiger partial charge in [-0.3, -0.25) is 13.9 Å². The van der Waals surface area contributed by atoms with Crippen LogP contribution in [0, 0.1) is 6.92 Å². The van der Waals surface area contributed by atoms with Gasteiger partial charge in [0.1, 0.15) is 6.04 Å². The minimum atomic E-state index is -3.67. The normalized spacial score (nSPS) is 12.2. The average molecular weight is 529 g/mol. The van der Waals surface area contributed by atoms with Crippen LogP contribution in [0.2, 0.25) is 10.0 Å². The number of hydrogen-bond donors (Lipinski definition) is 1. The van der Waals surface area contributed by atoms with E-state index < -0.39 is 16.1 Å². The smallest absolute Gasteiger partial charge is 0.242 e. The number of nitrogens with one attached hydrogen (secondary N) is 1. The standard InChI is InChI=1S/C24H31Cl2N3O4S/c1-5-21(24(31)27-3)28(16-18-10-7-6-9-17(18)2)23(30)11-8-14-29(34(4,32)33)22-15-19(25)12-13-20(22)26/h6-7,9-10,12-13,15,21H,5,8,11,14,16H2,1-4H3,(H,27,31). The van der Waals surface area contributed by atoms with Gasteiger partial charge < -0.3 is 10.2 Å². The van der Waals surface area contributed by atoms with E-state index in [2.05, 4.69) is 5.32 Å². The molecule has 2 amide bonds. The van der Waals surface area contributed by atoms with Crippen LogP contribution in [-0.2, 0) is 26.2 Å². The van der Waals surface area contributed by atoms with Crippen LogP contribution in [0.1, 0.15) is 37.3 Å². The van der Waals surface area contributed by atoms with E-state index in [1.165, 1.54) is 12.1 Å². The lowest BCUT2D eigenvalue weighted by molar-refractivity contribution is -0.141.